The van der Waals surface area contributed by atoms with Crippen molar-refractivity contribution in [3.63, 3.8) is 0 Å². The highest BCUT2D eigenvalue weighted by Gasteiger charge is 2.18. The largest absolute Gasteiger partial charge is 0.314 e. The molecule has 4 heteroatoms. The average molecular weight is 266 g/mol. The number of hydrogen-bond acceptors (Lipinski definition) is 3. The van der Waals surface area contributed by atoms with Gasteiger partial charge in [0.25, 0.3) is 0 Å². The molecule has 1 rings (SSSR count). The molecule has 0 bridgehead atoms. The summed E-state index contributed by atoms with van der Waals surface area (Å²) < 4.78 is 2.06. The van der Waals surface area contributed by atoms with Crippen LogP contribution in [0.2, 0.25) is 0 Å². The van der Waals surface area contributed by atoms with Gasteiger partial charge < -0.3 is 5.32 Å². The third-order valence-corrected chi connectivity index (χ3v) is 3.52. The molecule has 0 amide bonds. The summed E-state index contributed by atoms with van der Waals surface area (Å²) in [6, 6.07) is 0.573. The van der Waals surface area contributed by atoms with Gasteiger partial charge in [0, 0.05) is 19.0 Å². The van der Waals surface area contributed by atoms with E-state index in [4.69, 9.17) is 0 Å². The van der Waals surface area contributed by atoms with E-state index in [0.29, 0.717) is 17.9 Å². The van der Waals surface area contributed by atoms with Gasteiger partial charge in [-0.05, 0) is 31.2 Å². The maximum absolute atomic E-state index is 4.43. The van der Waals surface area contributed by atoms with E-state index in [1.165, 1.54) is 12.8 Å². The maximum atomic E-state index is 4.43. The molecule has 0 aliphatic rings. The molecule has 0 fully saturated rings. The smallest absolute Gasteiger partial charge is 0.138 e. The summed E-state index contributed by atoms with van der Waals surface area (Å²) in [7, 11) is 0. The normalized spacial score (nSPS) is 14.8. The molecule has 1 N–H and O–H groups in total. The lowest BCUT2D eigenvalue weighted by Crippen LogP contribution is -2.36. The van der Waals surface area contributed by atoms with Gasteiger partial charge in [0.15, 0.2) is 0 Å². The number of nitrogens with one attached hydrogen (secondary N) is 1. The highest BCUT2D eigenvalue weighted by Crippen LogP contribution is 2.14. The Morgan fingerprint density at radius 1 is 1.26 bits per heavy atom. The van der Waals surface area contributed by atoms with Crippen LogP contribution in [0, 0.1) is 11.8 Å². The highest BCUT2D eigenvalue weighted by atomic mass is 15.3. The van der Waals surface area contributed by atoms with Crippen molar-refractivity contribution in [1.82, 2.24) is 20.1 Å². The first-order valence-corrected chi connectivity index (χ1v) is 7.68. The summed E-state index contributed by atoms with van der Waals surface area (Å²) in [5.74, 6) is 2.32. The van der Waals surface area contributed by atoms with Crippen LogP contribution in [-0.4, -0.2) is 27.4 Å². The van der Waals surface area contributed by atoms with Crippen molar-refractivity contribution in [3.8, 4) is 0 Å². The molecule has 1 aromatic heterocycles. The Hall–Kier alpha value is -0.900. The summed E-state index contributed by atoms with van der Waals surface area (Å²) in [5.41, 5.74) is 0. The van der Waals surface area contributed by atoms with Gasteiger partial charge in [0.2, 0.25) is 0 Å². The zero-order valence-corrected chi connectivity index (χ0v) is 13.2. The fourth-order valence-corrected chi connectivity index (χ4v) is 2.45. The van der Waals surface area contributed by atoms with E-state index in [2.05, 4.69) is 54.7 Å². The van der Waals surface area contributed by atoms with Crippen LogP contribution in [-0.2, 0) is 13.0 Å². The second-order valence-corrected chi connectivity index (χ2v) is 5.90. The molecular formula is C15H30N4. The molecule has 0 radical (unpaired) electrons. The van der Waals surface area contributed by atoms with Gasteiger partial charge in [-0.1, -0.05) is 34.6 Å². The molecule has 0 aliphatic heterocycles. The summed E-state index contributed by atoms with van der Waals surface area (Å²) in [4.78, 5) is 4.43. The van der Waals surface area contributed by atoms with E-state index in [-0.39, 0.29) is 0 Å². The summed E-state index contributed by atoms with van der Waals surface area (Å²) in [6.07, 6.45) is 5.04. The Morgan fingerprint density at radius 2 is 2.00 bits per heavy atom. The number of nitrogens with zero attached hydrogens (tertiary/aromatic N) is 3. The van der Waals surface area contributed by atoms with Gasteiger partial charge in [0.1, 0.15) is 12.2 Å². The zero-order valence-electron chi connectivity index (χ0n) is 13.2. The van der Waals surface area contributed by atoms with E-state index < -0.39 is 0 Å². The minimum absolute atomic E-state index is 0.573. The fourth-order valence-electron chi connectivity index (χ4n) is 2.45. The van der Waals surface area contributed by atoms with E-state index in [1.807, 2.05) is 0 Å². The van der Waals surface area contributed by atoms with Gasteiger partial charge >= 0.3 is 0 Å². The monoisotopic (exact) mass is 266 g/mol. The average Bonchev–Trinajstić information content (AvgIpc) is 2.76. The van der Waals surface area contributed by atoms with E-state index in [0.717, 1.165) is 25.3 Å². The maximum Gasteiger partial charge on any atom is 0.138 e. The van der Waals surface area contributed by atoms with Crippen LogP contribution in [0.5, 0.6) is 0 Å². The molecule has 2 atom stereocenters. The van der Waals surface area contributed by atoms with Gasteiger partial charge in [0.05, 0.1) is 0 Å². The van der Waals surface area contributed by atoms with Crippen molar-refractivity contribution < 1.29 is 0 Å². The standard InChI is InChI=1S/C15H30N4/c1-6-8-16-14(7-2)13(5)9-15-17-11-18-19(15)10-12(3)4/h11-14,16H,6-10H2,1-5H3. The van der Waals surface area contributed by atoms with Crippen molar-refractivity contribution in [2.24, 2.45) is 11.8 Å². The Bertz CT molecular complexity index is 346. The lowest BCUT2D eigenvalue weighted by atomic mass is 9.95. The molecular weight excluding hydrogens is 236 g/mol. The quantitative estimate of drug-likeness (QED) is 0.747. The van der Waals surface area contributed by atoms with Gasteiger partial charge in [-0.15, -0.1) is 0 Å². The first-order valence-electron chi connectivity index (χ1n) is 7.68. The molecule has 0 spiro atoms. The van der Waals surface area contributed by atoms with Crippen molar-refractivity contribution >= 4 is 0 Å². The Labute approximate surface area is 118 Å². The molecule has 0 saturated heterocycles. The van der Waals surface area contributed by atoms with Crippen LogP contribution in [0.15, 0.2) is 6.33 Å². The molecule has 1 heterocycles. The van der Waals surface area contributed by atoms with Gasteiger partial charge in [-0.3, -0.25) is 0 Å². The lowest BCUT2D eigenvalue weighted by Gasteiger charge is -2.24. The first kappa shape index (κ1) is 16.2. The number of aromatic nitrogens is 3. The predicted octanol–water partition coefficient (Wildman–Crippen LogP) is 2.89. The van der Waals surface area contributed by atoms with E-state index in [9.17, 15) is 0 Å². The third kappa shape index (κ3) is 5.31. The minimum atomic E-state index is 0.573. The molecule has 1 aromatic rings. The van der Waals surface area contributed by atoms with Crippen LogP contribution in [0.4, 0.5) is 0 Å². The molecule has 0 aliphatic carbocycles. The highest BCUT2D eigenvalue weighted by molar-refractivity contribution is 4.89. The first-order chi connectivity index (χ1) is 9.08. The Balaban J connectivity index is 2.59. The summed E-state index contributed by atoms with van der Waals surface area (Å²) >= 11 is 0. The number of rotatable bonds is 9. The molecule has 19 heavy (non-hydrogen) atoms. The van der Waals surface area contributed by atoms with Gasteiger partial charge in [-0.25, -0.2) is 9.67 Å². The number of hydrogen-bond donors (Lipinski definition) is 1. The van der Waals surface area contributed by atoms with Crippen LogP contribution in [0.3, 0.4) is 0 Å². The second-order valence-electron chi connectivity index (χ2n) is 5.90. The summed E-state index contributed by atoms with van der Waals surface area (Å²) in [5, 5.41) is 7.98. The van der Waals surface area contributed by atoms with Gasteiger partial charge in [-0.2, -0.15) is 5.10 Å². The van der Waals surface area contributed by atoms with Crippen molar-refractivity contribution in [2.45, 2.75) is 66.5 Å². The van der Waals surface area contributed by atoms with Crippen LogP contribution in [0.1, 0.15) is 53.3 Å². The molecule has 110 valence electrons. The van der Waals surface area contributed by atoms with Crippen molar-refractivity contribution in [2.75, 3.05) is 6.54 Å². The van der Waals surface area contributed by atoms with Crippen LogP contribution >= 0.6 is 0 Å². The topological polar surface area (TPSA) is 42.7 Å². The Morgan fingerprint density at radius 3 is 2.58 bits per heavy atom. The Kier molecular flexibility index (Phi) is 7.06. The van der Waals surface area contributed by atoms with Crippen molar-refractivity contribution in [1.29, 1.82) is 0 Å². The van der Waals surface area contributed by atoms with Crippen LogP contribution < -0.4 is 5.32 Å². The SMILES string of the molecule is CCCNC(CC)C(C)Cc1ncnn1CC(C)C. The van der Waals surface area contributed by atoms with Crippen LogP contribution in [0.25, 0.3) is 0 Å². The summed E-state index contributed by atoms with van der Waals surface area (Å²) in [6.45, 7) is 13.3. The van der Waals surface area contributed by atoms with E-state index in [1.54, 1.807) is 6.33 Å². The van der Waals surface area contributed by atoms with Crippen molar-refractivity contribution in [3.05, 3.63) is 12.2 Å². The lowest BCUT2D eigenvalue weighted by molar-refractivity contribution is 0.350. The van der Waals surface area contributed by atoms with E-state index >= 15 is 0 Å². The zero-order chi connectivity index (χ0) is 14.3. The fraction of sp³-hybridized carbons (Fsp3) is 0.867. The molecule has 2 unspecified atom stereocenters. The second kappa shape index (κ2) is 8.31. The third-order valence-electron chi connectivity index (χ3n) is 3.52. The molecule has 4 nitrogen and oxygen atoms in total. The minimum Gasteiger partial charge on any atom is -0.314 e. The molecule has 0 saturated carbocycles. The molecule has 0 aromatic carbocycles. The predicted molar refractivity (Wildman–Crippen MR) is 80.1 cm³/mol.